The number of nitrogens with zero attached hydrogens (tertiary/aromatic N) is 1. The molecule has 0 radical (unpaired) electrons. The van der Waals surface area contributed by atoms with Gasteiger partial charge in [-0.15, -0.1) is 24.5 Å². The number of hydrogen-bond acceptors (Lipinski definition) is 7. The van der Waals surface area contributed by atoms with Crippen molar-refractivity contribution in [2.24, 2.45) is 0 Å². The Labute approximate surface area is 166 Å². The van der Waals surface area contributed by atoms with E-state index in [0.29, 0.717) is 22.3 Å². The molecule has 0 fully saturated rings. The van der Waals surface area contributed by atoms with E-state index in [9.17, 15) is 18.0 Å². The molecule has 0 saturated heterocycles. The highest BCUT2D eigenvalue weighted by Gasteiger charge is 2.31. The summed E-state index contributed by atoms with van der Waals surface area (Å²) in [6.45, 7) is 0.170. The first-order chi connectivity index (χ1) is 13.9. The second kappa shape index (κ2) is 7.51. The highest BCUT2D eigenvalue weighted by molar-refractivity contribution is 7.14. The second-order valence-electron chi connectivity index (χ2n) is 5.76. The van der Waals surface area contributed by atoms with Crippen molar-refractivity contribution >= 4 is 33.8 Å². The van der Waals surface area contributed by atoms with Gasteiger partial charge in [0.1, 0.15) is 11.4 Å². The number of nitrogens with one attached hydrogen (secondary N) is 2. The number of thiazole rings is 1. The molecule has 1 aromatic heterocycles. The number of hydrogen-bond donors (Lipinski definition) is 2. The van der Waals surface area contributed by atoms with Gasteiger partial charge < -0.3 is 24.8 Å². The zero-order valence-electron chi connectivity index (χ0n) is 14.4. The van der Waals surface area contributed by atoms with Crippen LogP contribution in [-0.2, 0) is 0 Å². The molecular formula is C18H12F3N3O4S. The van der Waals surface area contributed by atoms with E-state index in [2.05, 4.69) is 20.4 Å². The average Bonchev–Trinajstić information content (AvgIpc) is 3.31. The zero-order valence-corrected chi connectivity index (χ0v) is 15.3. The molecule has 11 heteroatoms. The van der Waals surface area contributed by atoms with Crippen LogP contribution in [0, 0.1) is 0 Å². The zero-order chi connectivity index (χ0) is 20.4. The lowest BCUT2D eigenvalue weighted by Gasteiger charge is -2.09. The highest BCUT2D eigenvalue weighted by atomic mass is 32.1. The predicted octanol–water partition coefficient (Wildman–Crippen LogP) is 4.77. The summed E-state index contributed by atoms with van der Waals surface area (Å²) in [6.07, 6.45) is -4.77. The lowest BCUT2D eigenvalue weighted by Crippen LogP contribution is -2.17. The summed E-state index contributed by atoms with van der Waals surface area (Å²) in [4.78, 5) is 16.5. The monoisotopic (exact) mass is 423 g/mol. The van der Waals surface area contributed by atoms with Crippen molar-refractivity contribution in [3.8, 4) is 17.2 Å². The molecule has 2 heterocycles. The van der Waals surface area contributed by atoms with Crippen LogP contribution >= 0.6 is 11.3 Å². The molecule has 2 aromatic carbocycles. The largest absolute Gasteiger partial charge is 0.573 e. The van der Waals surface area contributed by atoms with E-state index in [4.69, 9.17) is 9.47 Å². The number of fused-ring (bicyclic) bond motifs is 1. The number of ether oxygens (including phenoxy) is 3. The third-order valence-corrected chi connectivity index (χ3v) is 4.46. The molecule has 0 aliphatic carbocycles. The quantitative estimate of drug-likeness (QED) is 0.616. The first kappa shape index (κ1) is 18.9. The maximum absolute atomic E-state index is 12.3. The lowest BCUT2D eigenvalue weighted by molar-refractivity contribution is -0.274. The van der Waals surface area contributed by atoms with Crippen LogP contribution in [0.1, 0.15) is 10.5 Å². The van der Waals surface area contributed by atoms with E-state index in [0.717, 1.165) is 17.8 Å². The van der Waals surface area contributed by atoms with Crippen molar-refractivity contribution < 1.29 is 32.2 Å². The van der Waals surface area contributed by atoms with E-state index in [1.54, 1.807) is 23.6 Å². The molecule has 0 bridgehead atoms. The molecule has 2 N–H and O–H groups in total. The van der Waals surface area contributed by atoms with Crippen LogP contribution in [0.3, 0.4) is 0 Å². The average molecular weight is 423 g/mol. The van der Waals surface area contributed by atoms with Gasteiger partial charge in [-0.3, -0.25) is 4.79 Å². The van der Waals surface area contributed by atoms with Gasteiger partial charge in [0.15, 0.2) is 16.6 Å². The second-order valence-corrected chi connectivity index (χ2v) is 6.62. The van der Waals surface area contributed by atoms with Gasteiger partial charge in [0.25, 0.3) is 5.91 Å². The molecule has 0 saturated carbocycles. The molecule has 1 amide bonds. The number of halogens is 3. The SMILES string of the molecule is O=C(Nc1ccc(OC(F)(F)F)cc1)c1csc(Nc2ccc3c(c2)OCO3)n1. The summed E-state index contributed by atoms with van der Waals surface area (Å²) >= 11 is 1.23. The van der Waals surface area contributed by atoms with Gasteiger partial charge in [0.05, 0.1) is 0 Å². The summed E-state index contributed by atoms with van der Waals surface area (Å²) in [5, 5.41) is 7.68. The smallest absolute Gasteiger partial charge is 0.454 e. The summed E-state index contributed by atoms with van der Waals surface area (Å²) in [7, 11) is 0. The standard InChI is InChI=1S/C18H12F3N3O4S/c19-18(20,21)28-12-4-1-10(2-5-12)22-16(25)13-8-29-17(24-13)23-11-3-6-14-15(7-11)27-9-26-14/h1-8H,9H2,(H,22,25)(H,23,24). The Morgan fingerprint density at radius 1 is 1.07 bits per heavy atom. The number of aromatic nitrogens is 1. The molecule has 0 spiro atoms. The Morgan fingerprint density at radius 3 is 2.55 bits per heavy atom. The molecule has 0 unspecified atom stereocenters. The van der Waals surface area contributed by atoms with Crippen LogP contribution in [0.2, 0.25) is 0 Å². The third-order valence-electron chi connectivity index (χ3n) is 3.71. The van der Waals surface area contributed by atoms with Crippen molar-refractivity contribution in [2.45, 2.75) is 6.36 Å². The number of amides is 1. The first-order valence-electron chi connectivity index (χ1n) is 8.15. The molecule has 4 rings (SSSR count). The number of carbonyl (C=O) groups excluding carboxylic acids is 1. The van der Waals surface area contributed by atoms with Crippen molar-refractivity contribution in [1.82, 2.24) is 4.98 Å². The van der Waals surface area contributed by atoms with Crippen molar-refractivity contribution in [1.29, 1.82) is 0 Å². The van der Waals surface area contributed by atoms with Gasteiger partial charge in [-0.05, 0) is 36.4 Å². The summed E-state index contributed by atoms with van der Waals surface area (Å²) in [6, 6.07) is 10.1. The molecule has 150 valence electrons. The minimum absolute atomic E-state index is 0.161. The van der Waals surface area contributed by atoms with Crippen LogP contribution in [0.15, 0.2) is 47.8 Å². The van der Waals surface area contributed by atoms with Crippen molar-refractivity contribution in [3.63, 3.8) is 0 Å². The van der Waals surface area contributed by atoms with E-state index in [1.165, 1.54) is 23.5 Å². The van der Waals surface area contributed by atoms with E-state index in [1.807, 2.05) is 0 Å². The minimum Gasteiger partial charge on any atom is -0.454 e. The predicted molar refractivity (Wildman–Crippen MR) is 99.0 cm³/mol. The van der Waals surface area contributed by atoms with Gasteiger partial charge in [0.2, 0.25) is 6.79 Å². The molecule has 1 aliphatic heterocycles. The third kappa shape index (κ3) is 4.69. The van der Waals surface area contributed by atoms with E-state index >= 15 is 0 Å². The summed E-state index contributed by atoms with van der Waals surface area (Å²) < 4.78 is 50.9. The maximum Gasteiger partial charge on any atom is 0.573 e. The molecule has 1 aliphatic rings. The number of rotatable bonds is 5. The molecular weight excluding hydrogens is 411 g/mol. The first-order valence-corrected chi connectivity index (χ1v) is 9.03. The van der Waals surface area contributed by atoms with Crippen LogP contribution in [0.5, 0.6) is 17.2 Å². The molecule has 29 heavy (non-hydrogen) atoms. The van der Waals surface area contributed by atoms with Crippen molar-refractivity contribution in [3.05, 3.63) is 53.5 Å². The van der Waals surface area contributed by atoms with Crippen LogP contribution < -0.4 is 24.8 Å². The van der Waals surface area contributed by atoms with Crippen LogP contribution in [-0.4, -0.2) is 24.0 Å². The molecule has 7 nitrogen and oxygen atoms in total. The summed E-state index contributed by atoms with van der Waals surface area (Å²) in [5.41, 5.74) is 1.19. The van der Waals surface area contributed by atoms with E-state index < -0.39 is 12.3 Å². The Morgan fingerprint density at radius 2 is 1.79 bits per heavy atom. The van der Waals surface area contributed by atoms with Gasteiger partial charge >= 0.3 is 6.36 Å². The molecule has 3 aromatic rings. The maximum atomic E-state index is 12.3. The minimum atomic E-state index is -4.77. The fourth-order valence-corrected chi connectivity index (χ4v) is 3.18. The van der Waals surface area contributed by atoms with Gasteiger partial charge in [-0.25, -0.2) is 4.98 Å². The van der Waals surface area contributed by atoms with E-state index in [-0.39, 0.29) is 18.2 Å². The Bertz CT molecular complexity index is 1040. The Balaban J connectivity index is 1.38. The number of alkyl halides is 3. The molecule has 0 atom stereocenters. The van der Waals surface area contributed by atoms with Crippen LogP contribution in [0.25, 0.3) is 0 Å². The highest BCUT2D eigenvalue weighted by Crippen LogP contribution is 2.35. The lowest BCUT2D eigenvalue weighted by atomic mass is 10.3. The van der Waals surface area contributed by atoms with Crippen LogP contribution in [0.4, 0.5) is 29.7 Å². The normalized spacial score (nSPS) is 12.5. The summed E-state index contributed by atoms with van der Waals surface area (Å²) in [5.74, 6) is 0.396. The van der Waals surface area contributed by atoms with Gasteiger partial charge in [0, 0.05) is 22.8 Å². The van der Waals surface area contributed by atoms with Gasteiger partial charge in [-0.2, -0.15) is 0 Å². The Kier molecular flexibility index (Phi) is 4.89. The fraction of sp³-hybridized carbons (Fsp3) is 0.111. The number of carbonyl (C=O) groups is 1. The van der Waals surface area contributed by atoms with Crippen molar-refractivity contribution in [2.75, 3.05) is 17.4 Å². The van der Waals surface area contributed by atoms with Gasteiger partial charge in [-0.1, -0.05) is 0 Å². The fourth-order valence-electron chi connectivity index (χ4n) is 2.47. The Hall–Kier alpha value is -3.47. The number of benzene rings is 2. The number of anilines is 3. The topological polar surface area (TPSA) is 81.7 Å².